The summed E-state index contributed by atoms with van der Waals surface area (Å²) in [7, 11) is 0. The summed E-state index contributed by atoms with van der Waals surface area (Å²) in [6.07, 6.45) is 2.64. The van der Waals surface area contributed by atoms with E-state index in [-0.39, 0.29) is 6.54 Å². The molecule has 0 aliphatic carbocycles. The second-order valence-electron chi connectivity index (χ2n) is 3.02. The van der Waals surface area contributed by atoms with Crippen LogP contribution in [0.5, 0.6) is 0 Å². The van der Waals surface area contributed by atoms with E-state index in [0.717, 1.165) is 19.5 Å². The van der Waals surface area contributed by atoms with Gasteiger partial charge in [-0.1, -0.05) is 6.08 Å². The number of nitrogens with zero attached hydrogens (tertiary/aromatic N) is 1. The van der Waals surface area contributed by atoms with Crippen molar-refractivity contribution in [3.63, 3.8) is 0 Å². The Hall–Kier alpha value is -0.910. The lowest BCUT2D eigenvalue weighted by atomic mass is 10.4. The van der Waals surface area contributed by atoms with Crippen molar-refractivity contribution in [3.05, 3.63) is 12.7 Å². The number of aliphatic carboxylic acids is 1. The highest BCUT2D eigenvalue weighted by Crippen LogP contribution is 1.92. The van der Waals surface area contributed by atoms with E-state index >= 15 is 0 Å². The van der Waals surface area contributed by atoms with Crippen LogP contribution in [0.25, 0.3) is 0 Å². The maximum atomic E-state index is 10.5. The molecule has 0 aliphatic rings. The predicted octanol–water partition coefficient (Wildman–Crippen LogP) is 0.490. The molecule has 88 valence electrons. The van der Waals surface area contributed by atoms with Crippen molar-refractivity contribution in [3.8, 4) is 0 Å². The molecule has 0 unspecified atom stereocenters. The molecule has 5 heteroatoms. The number of carboxylic acids is 1. The van der Waals surface area contributed by atoms with E-state index in [9.17, 15) is 4.79 Å². The molecule has 0 radical (unpaired) electrons. The maximum Gasteiger partial charge on any atom is 0.320 e. The zero-order valence-electron chi connectivity index (χ0n) is 9.24. The molecular weight excluding hydrogens is 196 g/mol. The van der Waals surface area contributed by atoms with Crippen molar-refractivity contribution in [2.45, 2.75) is 13.3 Å². The smallest absolute Gasteiger partial charge is 0.320 e. The van der Waals surface area contributed by atoms with Crippen molar-refractivity contribution in [1.29, 1.82) is 0 Å². The number of rotatable bonds is 10. The fourth-order valence-corrected chi connectivity index (χ4v) is 1.11. The Kier molecular flexibility index (Phi) is 9.05. The number of carbonyl (C=O) groups is 1. The predicted molar refractivity (Wildman–Crippen MR) is 58.5 cm³/mol. The van der Waals surface area contributed by atoms with Crippen LogP contribution in [0, 0.1) is 0 Å². The summed E-state index contributed by atoms with van der Waals surface area (Å²) < 4.78 is 0. The Balaban J connectivity index is 3.56. The van der Waals surface area contributed by atoms with Gasteiger partial charge in [0, 0.05) is 13.1 Å². The average Bonchev–Trinajstić information content (AvgIpc) is 2.17. The summed E-state index contributed by atoms with van der Waals surface area (Å²) in [4.78, 5) is 15.6. The third-order valence-corrected chi connectivity index (χ3v) is 1.67. The molecule has 0 aromatic carbocycles. The molecule has 0 spiro atoms. The highest BCUT2D eigenvalue weighted by Gasteiger charge is 2.08. The van der Waals surface area contributed by atoms with Gasteiger partial charge in [0.25, 0.3) is 0 Å². The van der Waals surface area contributed by atoms with Gasteiger partial charge in [-0.2, -0.15) is 5.06 Å². The summed E-state index contributed by atoms with van der Waals surface area (Å²) in [6.45, 7) is 8.06. The maximum absolute atomic E-state index is 10.5. The molecule has 0 fully saturated rings. The van der Waals surface area contributed by atoms with Gasteiger partial charge >= 0.3 is 5.97 Å². The van der Waals surface area contributed by atoms with Crippen LogP contribution in [0.2, 0.25) is 0 Å². The van der Waals surface area contributed by atoms with E-state index in [1.165, 1.54) is 5.06 Å². The van der Waals surface area contributed by atoms with Crippen LogP contribution in [0.15, 0.2) is 12.7 Å². The first-order valence-electron chi connectivity index (χ1n) is 5.12. The molecule has 0 atom stereocenters. The monoisotopic (exact) mass is 216 g/mol. The minimum atomic E-state index is -0.873. The Bertz CT molecular complexity index is 186. The summed E-state index contributed by atoms with van der Waals surface area (Å²) in [5.41, 5.74) is 0. The molecule has 0 aliphatic heterocycles. The molecule has 15 heavy (non-hydrogen) atoms. The van der Waals surface area contributed by atoms with Crippen LogP contribution in [-0.4, -0.2) is 48.9 Å². The minimum absolute atomic E-state index is 0.0741. The summed E-state index contributed by atoms with van der Waals surface area (Å²) in [5.74, 6) is -0.873. The fraction of sp³-hybridized carbons (Fsp3) is 0.700. The first kappa shape index (κ1) is 14.1. The van der Waals surface area contributed by atoms with Crippen LogP contribution in [0.1, 0.15) is 13.3 Å². The van der Waals surface area contributed by atoms with E-state index in [1.54, 1.807) is 6.08 Å². The minimum Gasteiger partial charge on any atom is -0.480 e. The lowest BCUT2D eigenvalue weighted by Crippen LogP contribution is -2.32. The normalized spacial score (nSPS) is 10.5. The summed E-state index contributed by atoms with van der Waals surface area (Å²) in [5, 5.41) is 13.2. The Labute approximate surface area is 90.7 Å². The molecule has 0 amide bonds. The topological polar surface area (TPSA) is 61.8 Å². The van der Waals surface area contributed by atoms with Gasteiger partial charge < -0.3 is 10.4 Å². The zero-order valence-corrected chi connectivity index (χ0v) is 9.24. The third kappa shape index (κ3) is 9.40. The van der Waals surface area contributed by atoms with Gasteiger partial charge in [-0.3, -0.25) is 9.63 Å². The zero-order chi connectivity index (χ0) is 11.5. The number of hydrogen-bond acceptors (Lipinski definition) is 4. The van der Waals surface area contributed by atoms with E-state index in [1.807, 2.05) is 6.92 Å². The summed E-state index contributed by atoms with van der Waals surface area (Å²) >= 11 is 0. The van der Waals surface area contributed by atoms with Crippen molar-refractivity contribution in [1.82, 2.24) is 10.4 Å². The summed E-state index contributed by atoms with van der Waals surface area (Å²) in [6, 6.07) is 0. The lowest BCUT2D eigenvalue weighted by Gasteiger charge is -2.18. The standard InChI is InChI=1S/C10H20N2O3/c1-3-6-11-7-5-8-12(15-4-2)9-10(13)14/h3,11H,1,4-9H2,2H3,(H,13,14). The van der Waals surface area contributed by atoms with Crippen molar-refractivity contribution < 1.29 is 14.7 Å². The molecule has 2 N–H and O–H groups in total. The second-order valence-corrected chi connectivity index (χ2v) is 3.02. The van der Waals surface area contributed by atoms with Gasteiger partial charge in [0.2, 0.25) is 0 Å². The molecule has 0 saturated heterocycles. The quantitative estimate of drug-likeness (QED) is 0.316. The van der Waals surface area contributed by atoms with E-state index in [2.05, 4.69) is 11.9 Å². The van der Waals surface area contributed by atoms with Crippen LogP contribution in [0.3, 0.4) is 0 Å². The van der Waals surface area contributed by atoms with Crippen molar-refractivity contribution in [2.75, 3.05) is 32.8 Å². The van der Waals surface area contributed by atoms with E-state index < -0.39 is 5.97 Å². The Morgan fingerprint density at radius 3 is 2.93 bits per heavy atom. The largest absolute Gasteiger partial charge is 0.480 e. The van der Waals surface area contributed by atoms with Gasteiger partial charge in [-0.15, -0.1) is 6.58 Å². The van der Waals surface area contributed by atoms with E-state index in [0.29, 0.717) is 13.2 Å². The van der Waals surface area contributed by atoms with Gasteiger partial charge in [0.1, 0.15) is 6.54 Å². The molecule has 0 heterocycles. The molecule has 0 bridgehead atoms. The molecule has 0 rings (SSSR count). The number of hydrogen-bond donors (Lipinski definition) is 2. The third-order valence-electron chi connectivity index (χ3n) is 1.67. The number of hydroxylamine groups is 2. The van der Waals surface area contributed by atoms with Crippen molar-refractivity contribution in [2.24, 2.45) is 0 Å². The first-order chi connectivity index (χ1) is 7.20. The highest BCUT2D eigenvalue weighted by molar-refractivity contribution is 5.68. The van der Waals surface area contributed by atoms with Crippen LogP contribution < -0.4 is 5.32 Å². The molecule has 0 aromatic rings. The number of nitrogens with one attached hydrogen (secondary N) is 1. The number of carboxylic acid groups (broad SMARTS) is 1. The van der Waals surface area contributed by atoms with Gasteiger partial charge in [-0.05, 0) is 19.9 Å². The molecule has 5 nitrogen and oxygen atoms in total. The van der Waals surface area contributed by atoms with Gasteiger partial charge in [0.05, 0.1) is 6.61 Å². The molecule has 0 saturated carbocycles. The van der Waals surface area contributed by atoms with E-state index in [4.69, 9.17) is 9.94 Å². The fourth-order valence-electron chi connectivity index (χ4n) is 1.11. The van der Waals surface area contributed by atoms with Gasteiger partial charge in [0.15, 0.2) is 0 Å². The molecular formula is C10H20N2O3. The Morgan fingerprint density at radius 1 is 1.67 bits per heavy atom. The SMILES string of the molecule is C=CCNCCCN(CC(=O)O)OCC. The van der Waals surface area contributed by atoms with Crippen molar-refractivity contribution >= 4 is 5.97 Å². The van der Waals surface area contributed by atoms with Crippen LogP contribution in [0.4, 0.5) is 0 Å². The first-order valence-corrected chi connectivity index (χ1v) is 5.12. The highest BCUT2D eigenvalue weighted by atomic mass is 16.7. The van der Waals surface area contributed by atoms with Gasteiger partial charge in [-0.25, -0.2) is 0 Å². The Morgan fingerprint density at radius 2 is 2.40 bits per heavy atom. The second kappa shape index (κ2) is 9.64. The van der Waals surface area contributed by atoms with Crippen LogP contribution >= 0.6 is 0 Å². The average molecular weight is 216 g/mol. The van der Waals surface area contributed by atoms with Crippen LogP contribution in [-0.2, 0) is 9.63 Å². The molecule has 0 aromatic heterocycles. The lowest BCUT2D eigenvalue weighted by molar-refractivity contribution is -0.174.